The maximum atomic E-state index is 13.8. The Morgan fingerprint density at radius 3 is 2.57 bits per heavy atom. The molecule has 0 bridgehead atoms. The summed E-state index contributed by atoms with van der Waals surface area (Å²) in [6, 6.07) is 11.7. The second-order valence-electron chi connectivity index (χ2n) is 9.37. The summed E-state index contributed by atoms with van der Waals surface area (Å²) >= 11 is 0. The lowest BCUT2D eigenvalue weighted by Crippen LogP contribution is -2.27. The molecule has 8 heteroatoms. The third-order valence-electron chi connectivity index (χ3n) is 6.59. The van der Waals surface area contributed by atoms with E-state index in [1.165, 1.54) is 0 Å². The quantitative estimate of drug-likeness (QED) is 0.284. The first-order valence-electron chi connectivity index (χ1n) is 12.8. The van der Waals surface area contributed by atoms with E-state index in [9.17, 15) is 4.79 Å². The van der Waals surface area contributed by atoms with Crippen molar-refractivity contribution in [1.82, 2.24) is 24.6 Å². The van der Waals surface area contributed by atoms with Gasteiger partial charge in [-0.25, -0.2) is 9.97 Å². The minimum Gasteiger partial charge on any atom is -0.481 e. The van der Waals surface area contributed by atoms with Crippen LogP contribution >= 0.6 is 0 Å². The Labute approximate surface area is 218 Å². The van der Waals surface area contributed by atoms with E-state index in [1.807, 2.05) is 68.2 Å². The van der Waals surface area contributed by atoms with Crippen LogP contribution in [0.15, 0.2) is 42.6 Å². The molecule has 0 fully saturated rings. The largest absolute Gasteiger partial charge is 0.481 e. The summed E-state index contributed by atoms with van der Waals surface area (Å²) in [7, 11) is 3.43. The van der Waals surface area contributed by atoms with Crippen molar-refractivity contribution in [2.75, 3.05) is 26.0 Å². The monoisotopic (exact) mass is 500 g/mol. The zero-order valence-electron chi connectivity index (χ0n) is 22.6. The maximum Gasteiger partial charge on any atom is 0.254 e. The van der Waals surface area contributed by atoms with Gasteiger partial charge < -0.3 is 15.0 Å². The number of fused-ring (bicyclic) bond motifs is 1. The van der Waals surface area contributed by atoms with Gasteiger partial charge in [-0.1, -0.05) is 25.0 Å². The number of anilines is 1. The number of pyridine rings is 2. The van der Waals surface area contributed by atoms with Crippen molar-refractivity contribution >= 4 is 22.5 Å². The number of nitrogens with zero attached hydrogens (tertiary/aromatic N) is 5. The highest BCUT2D eigenvalue weighted by Crippen LogP contribution is 2.29. The van der Waals surface area contributed by atoms with E-state index in [1.54, 1.807) is 12.0 Å². The van der Waals surface area contributed by atoms with Gasteiger partial charge in [0.1, 0.15) is 0 Å². The Hall–Kier alpha value is -3.94. The molecule has 8 nitrogen and oxygen atoms in total. The van der Waals surface area contributed by atoms with Crippen molar-refractivity contribution in [1.29, 1.82) is 0 Å². The Bertz CT molecular complexity index is 1410. The zero-order chi connectivity index (χ0) is 26.5. The first kappa shape index (κ1) is 26.1. The number of amides is 1. The molecule has 0 radical (unpaired) electrons. The molecular weight excluding hydrogens is 464 g/mol. The minimum atomic E-state index is -0.0768. The number of carbonyl (C=O) groups is 1. The van der Waals surface area contributed by atoms with E-state index in [4.69, 9.17) is 9.72 Å². The highest BCUT2D eigenvalue weighted by molar-refractivity contribution is 6.07. The van der Waals surface area contributed by atoms with Gasteiger partial charge in [0.2, 0.25) is 5.88 Å². The van der Waals surface area contributed by atoms with Crippen molar-refractivity contribution in [3.8, 4) is 17.3 Å². The maximum absolute atomic E-state index is 13.8. The van der Waals surface area contributed by atoms with Gasteiger partial charge in [-0.2, -0.15) is 5.10 Å². The van der Waals surface area contributed by atoms with Crippen molar-refractivity contribution < 1.29 is 9.53 Å². The summed E-state index contributed by atoms with van der Waals surface area (Å²) in [5, 5.41) is 8.69. The molecule has 0 saturated carbocycles. The number of rotatable bonds is 10. The number of carbonyl (C=O) groups excluding carboxylic acids is 1. The van der Waals surface area contributed by atoms with E-state index in [2.05, 4.69) is 29.2 Å². The Kier molecular flexibility index (Phi) is 8.06. The standard InChI is InChI=1S/C29H36N6O2/c1-7-9-12-30-22-14-26(33-28(15-22)37-6)27-16-24(23-13-19(3)10-11-25(23)32-27)29(36)34(5)18-21-17-31-35(8-2)20(21)4/h10-11,13-17H,7-9,12,18H2,1-6H3,(H,30,33). The molecule has 37 heavy (non-hydrogen) atoms. The second kappa shape index (κ2) is 11.4. The van der Waals surface area contributed by atoms with Crippen LogP contribution in [0.1, 0.15) is 53.9 Å². The second-order valence-corrected chi connectivity index (χ2v) is 9.37. The summed E-state index contributed by atoms with van der Waals surface area (Å²) in [6.45, 7) is 10.4. The third-order valence-corrected chi connectivity index (χ3v) is 6.59. The lowest BCUT2D eigenvalue weighted by atomic mass is 10.0. The molecular formula is C29H36N6O2. The molecule has 1 N–H and O–H groups in total. The number of unbranched alkanes of at least 4 members (excludes halogenated alkanes) is 1. The van der Waals surface area contributed by atoms with Gasteiger partial charge in [-0.3, -0.25) is 9.48 Å². The number of hydrogen-bond donors (Lipinski definition) is 1. The van der Waals surface area contributed by atoms with Gasteiger partial charge in [-0.15, -0.1) is 0 Å². The van der Waals surface area contributed by atoms with Crippen molar-refractivity contribution in [2.45, 2.75) is 53.6 Å². The van der Waals surface area contributed by atoms with Gasteiger partial charge in [0.15, 0.2) is 0 Å². The van der Waals surface area contributed by atoms with Crippen molar-refractivity contribution in [3.63, 3.8) is 0 Å². The van der Waals surface area contributed by atoms with Gasteiger partial charge in [0, 0.05) is 55.1 Å². The smallest absolute Gasteiger partial charge is 0.254 e. The fraction of sp³-hybridized carbons (Fsp3) is 0.379. The first-order chi connectivity index (χ1) is 17.8. The Balaban J connectivity index is 1.76. The number of benzene rings is 1. The summed E-state index contributed by atoms with van der Waals surface area (Å²) in [6.07, 6.45) is 4.01. The highest BCUT2D eigenvalue weighted by atomic mass is 16.5. The van der Waals surface area contributed by atoms with Gasteiger partial charge in [0.25, 0.3) is 5.91 Å². The topological polar surface area (TPSA) is 85.2 Å². The lowest BCUT2D eigenvalue weighted by molar-refractivity contribution is 0.0787. The van der Waals surface area contributed by atoms with Crippen LogP contribution in [0, 0.1) is 13.8 Å². The molecule has 194 valence electrons. The molecule has 4 rings (SSSR count). The number of nitrogens with one attached hydrogen (secondary N) is 1. The number of hydrogen-bond acceptors (Lipinski definition) is 6. The summed E-state index contributed by atoms with van der Waals surface area (Å²) < 4.78 is 7.41. The van der Waals surface area contributed by atoms with Crippen LogP contribution in [-0.2, 0) is 13.1 Å². The van der Waals surface area contributed by atoms with Crippen molar-refractivity contribution in [3.05, 3.63) is 65.0 Å². The normalized spacial score (nSPS) is 11.1. The Morgan fingerprint density at radius 2 is 1.86 bits per heavy atom. The van der Waals surface area contributed by atoms with Crippen LogP contribution in [0.25, 0.3) is 22.3 Å². The van der Waals surface area contributed by atoms with Crippen molar-refractivity contribution in [2.24, 2.45) is 0 Å². The number of aromatic nitrogens is 4. The summed E-state index contributed by atoms with van der Waals surface area (Å²) in [4.78, 5) is 25.1. The molecule has 0 unspecified atom stereocenters. The van der Waals surface area contributed by atoms with Crippen LogP contribution in [0.2, 0.25) is 0 Å². The van der Waals surface area contributed by atoms with E-state index >= 15 is 0 Å². The summed E-state index contributed by atoms with van der Waals surface area (Å²) in [5.74, 6) is 0.419. The van der Waals surface area contributed by atoms with E-state index in [0.29, 0.717) is 29.4 Å². The van der Waals surface area contributed by atoms with E-state index in [0.717, 1.165) is 59.3 Å². The van der Waals surface area contributed by atoms with Gasteiger partial charge >= 0.3 is 0 Å². The number of aryl methyl sites for hydroxylation is 2. The van der Waals surface area contributed by atoms with Gasteiger partial charge in [0.05, 0.1) is 35.8 Å². The number of methoxy groups -OCH3 is 1. The Morgan fingerprint density at radius 1 is 1.08 bits per heavy atom. The molecule has 3 aromatic heterocycles. The molecule has 1 amide bonds. The minimum absolute atomic E-state index is 0.0768. The molecule has 0 spiro atoms. The molecule has 0 aliphatic rings. The predicted molar refractivity (Wildman–Crippen MR) is 148 cm³/mol. The SMILES string of the molecule is CCCCNc1cc(OC)nc(-c2cc(C(=O)N(C)Cc3cnn(CC)c3C)c3cc(C)ccc3n2)c1. The lowest BCUT2D eigenvalue weighted by Gasteiger charge is -2.19. The fourth-order valence-corrected chi connectivity index (χ4v) is 4.39. The molecule has 0 atom stereocenters. The molecule has 3 heterocycles. The molecule has 4 aromatic rings. The van der Waals surface area contributed by atoms with Gasteiger partial charge in [-0.05, 0) is 51.5 Å². The predicted octanol–water partition coefficient (Wildman–Crippen LogP) is 5.62. The summed E-state index contributed by atoms with van der Waals surface area (Å²) in [5.41, 5.74) is 6.71. The molecule has 0 aliphatic carbocycles. The average Bonchev–Trinajstić information content (AvgIpc) is 3.26. The van der Waals surface area contributed by atoms with E-state index in [-0.39, 0.29) is 5.91 Å². The van der Waals surface area contributed by atoms with Crippen LogP contribution in [0.4, 0.5) is 5.69 Å². The molecule has 0 aliphatic heterocycles. The van der Waals surface area contributed by atoms with Crippen LogP contribution in [-0.4, -0.2) is 51.3 Å². The number of ether oxygens (including phenoxy) is 1. The first-order valence-corrected chi connectivity index (χ1v) is 12.8. The average molecular weight is 501 g/mol. The highest BCUT2D eigenvalue weighted by Gasteiger charge is 2.20. The zero-order valence-corrected chi connectivity index (χ0v) is 22.6. The molecule has 1 aromatic carbocycles. The molecule has 0 saturated heterocycles. The van der Waals surface area contributed by atoms with E-state index < -0.39 is 0 Å². The fourth-order valence-electron chi connectivity index (χ4n) is 4.39. The van der Waals surface area contributed by atoms with Crippen LogP contribution in [0.3, 0.4) is 0 Å². The van der Waals surface area contributed by atoms with Crippen LogP contribution in [0.5, 0.6) is 5.88 Å². The third kappa shape index (κ3) is 5.74. The van der Waals surface area contributed by atoms with Crippen LogP contribution < -0.4 is 10.1 Å².